The lowest BCUT2D eigenvalue weighted by atomic mass is 10.1. The lowest BCUT2D eigenvalue weighted by Crippen LogP contribution is -2.39. The number of rotatable bonds is 5. The van der Waals surface area contributed by atoms with Crippen LogP contribution in [-0.2, 0) is 4.79 Å². The van der Waals surface area contributed by atoms with Gasteiger partial charge in [-0.2, -0.15) is 0 Å². The van der Waals surface area contributed by atoms with Crippen molar-refractivity contribution in [1.82, 2.24) is 4.90 Å². The first-order chi connectivity index (χ1) is 5.86. The van der Waals surface area contributed by atoms with E-state index in [-0.39, 0.29) is 0 Å². The van der Waals surface area contributed by atoms with Crippen molar-refractivity contribution in [2.45, 2.75) is 32.2 Å². The third-order valence-electron chi connectivity index (χ3n) is 2.38. The molecule has 0 aliphatic carbocycles. The molecular weight excluding hydrogens is 190 g/mol. The Morgan fingerprint density at radius 2 is 1.92 bits per heavy atom. The van der Waals surface area contributed by atoms with Crippen LogP contribution in [0.4, 0.5) is 0 Å². The van der Waals surface area contributed by atoms with Crippen LogP contribution in [-0.4, -0.2) is 41.0 Å². The van der Waals surface area contributed by atoms with Gasteiger partial charge >= 0.3 is 5.97 Å². The molecule has 1 N–H and O–H groups in total. The fraction of sp³-hybridized carbons (Fsp3) is 0.889. The molecule has 0 aromatic heterocycles. The van der Waals surface area contributed by atoms with E-state index in [1.165, 1.54) is 0 Å². The second-order valence-corrected chi connectivity index (χ2v) is 4.26. The van der Waals surface area contributed by atoms with Gasteiger partial charge in [-0.15, -0.1) is 11.6 Å². The van der Waals surface area contributed by atoms with E-state index >= 15 is 0 Å². The van der Waals surface area contributed by atoms with Gasteiger partial charge in [0.25, 0.3) is 0 Å². The average molecular weight is 208 g/mol. The minimum absolute atomic E-state index is 0.348. The number of alkyl halides is 1. The van der Waals surface area contributed by atoms with E-state index in [0.717, 1.165) is 0 Å². The second kappa shape index (κ2) is 5.45. The fourth-order valence-corrected chi connectivity index (χ4v) is 1.22. The van der Waals surface area contributed by atoms with E-state index in [9.17, 15) is 4.79 Å². The Balaban J connectivity index is 3.99. The van der Waals surface area contributed by atoms with Gasteiger partial charge in [0.2, 0.25) is 0 Å². The number of nitrogens with zero attached hydrogens (tertiary/aromatic N) is 1. The predicted octanol–water partition coefficient (Wildman–Crippen LogP) is 1.65. The standard InChI is InChI=1S/C9H18ClNO2/c1-6(2)7(3)11(4)5-8(10)9(12)13/h6-8H,5H2,1-4H3,(H,12,13). The summed E-state index contributed by atoms with van der Waals surface area (Å²) in [6.07, 6.45) is 0. The topological polar surface area (TPSA) is 40.5 Å². The van der Waals surface area contributed by atoms with Crippen molar-refractivity contribution < 1.29 is 9.90 Å². The van der Waals surface area contributed by atoms with Crippen molar-refractivity contribution in [3.63, 3.8) is 0 Å². The molecule has 13 heavy (non-hydrogen) atoms. The maximum absolute atomic E-state index is 10.5. The molecule has 0 fully saturated rings. The summed E-state index contributed by atoms with van der Waals surface area (Å²) in [6, 6.07) is 0.348. The summed E-state index contributed by atoms with van der Waals surface area (Å²) >= 11 is 5.62. The lowest BCUT2D eigenvalue weighted by Gasteiger charge is -2.28. The molecule has 3 nitrogen and oxygen atoms in total. The first kappa shape index (κ1) is 12.7. The summed E-state index contributed by atoms with van der Waals surface area (Å²) in [5, 5.41) is 7.78. The molecule has 0 aromatic carbocycles. The van der Waals surface area contributed by atoms with Crippen molar-refractivity contribution in [2.24, 2.45) is 5.92 Å². The SMILES string of the molecule is CC(C)C(C)N(C)CC(Cl)C(=O)O. The highest BCUT2D eigenvalue weighted by Crippen LogP contribution is 2.10. The first-order valence-electron chi connectivity index (χ1n) is 4.43. The largest absolute Gasteiger partial charge is 0.480 e. The van der Waals surface area contributed by atoms with Gasteiger partial charge in [-0.3, -0.25) is 4.79 Å². The quantitative estimate of drug-likeness (QED) is 0.698. The fourth-order valence-electron chi connectivity index (χ4n) is 1.01. The Bertz CT molecular complexity index is 173. The molecule has 0 heterocycles. The van der Waals surface area contributed by atoms with Crippen molar-refractivity contribution in [1.29, 1.82) is 0 Å². The summed E-state index contributed by atoms with van der Waals surface area (Å²) in [5.74, 6) is -0.452. The highest BCUT2D eigenvalue weighted by Gasteiger charge is 2.20. The summed E-state index contributed by atoms with van der Waals surface area (Å²) < 4.78 is 0. The van der Waals surface area contributed by atoms with Crippen LogP contribution in [0.25, 0.3) is 0 Å². The molecule has 0 saturated heterocycles. The normalized spacial score (nSPS) is 16.2. The smallest absolute Gasteiger partial charge is 0.322 e. The molecular formula is C9H18ClNO2. The molecule has 0 aliphatic heterocycles. The predicted molar refractivity (Wildman–Crippen MR) is 54.2 cm³/mol. The summed E-state index contributed by atoms with van der Waals surface area (Å²) in [6.45, 7) is 6.66. The van der Waals surface area contributed by atoms with E-state index in [1.54, 1.807) is 0 Å². The van der Waals surface area contributed by atoms with Gasteiger partial charge in [0.05, 0.1) is 0 Å². The van der Waals surface area contributed by atoms with E-state index in [2.05, 4.69) is 20.8 Å². The number of carboxylic acids is 1. The minimum atomic E-state index is -0.954. The van der Waals surface area contributed by atoms with Crippen LogP contribution in [0.15, 0.2) is 0 Å². The van der Waals surface area contributed by atoms with Gasteiger partial charge in [0, 0.05) is 12.6 Å². The molecule has 0 amide bonds. The minimum Gasteiger partial charge on any atom is -0.480 e. The zero-order valence-electron chi connectivity index (χ0n) is 8.62. The van der Waals surface area contributed by atoms with Gasteiger partial charge in [-0.25, -0.2) is 0 Å². The Morgan fingerprint density at radius 3 is 2.23 bits per heavy atom. The van der Waals surface area contributed by atoms with Crippen LogP contribution in [0, 0.1) is 5.92 Å². The monoisotopic (exact) mass is 207 g/mol. The van der Waals surface area contributed by atoms with Crippen LogP contribution in [0.5, 0.6) is 0 Å². The molecule has 2 atom stereocenters. The number of aliphatic carboxylic acids is 1. The van der Waals surface area contributed by atoms with Crippen LogP contribution in [0.2, 0.25) is 0 Å². The number of hydrogen-bond donors (Lipinski definition) is 1. The Kier molecular flexibility index (Phi) is 5.33. The molecule has 0 radical (unpaired) electrons. The van der Waals surface area contributed by atoms with Crippen molar-refractivity contribution >= 4 is 17.6 Å². The maximum Gasteiger partial charge on any atom is 0.322 e. The van der Waals surface area contributed by atoms with E-state index < -0.39 is 11.3 Å². The van der Waals surface area contributed by atoms with Crippen LogP contribution in [0.3, 0.4) is 0 Å². The Morgan fingerprint density at radius 1 is 1.46 bits per heavy atom. The van der Waals surface area contributed by atoms with Gasteiger partial charge in [-0.05, 0) is 19.9 Å². The van der Waals surface area contributed by atoms with Gasteiger partial charge < -0.3 is 10.0 Å². The van der Waals surface area contributed by atoms with E-state index in [0.29, 0.717) is 18.5 Å². The molecule has 0 spiro atoms. The Hall–Kier alpha value is -0.280. The van der Waals surface area contributed by atoms with E-state index in [4.69, 9.17) is 16.7 Å². The molecule has 78 valence electrons. The zero-order chi connectivity index (χ0) is 10.6. The average Bonchev–Trinajstić information content (AvgIpc) is 2.02. The van der Waals surface area contributed by atoms with Crippen LogP contribution in [0.1, 0.15) is 20.8 Å². The summed E-state index contributed by atoms with van der Waals surface area (Å²) in [4.78, 5) is 12.4. The van der Waals surface area contributed by atoms with Gasteiger partial charge in [-0.1, -0.05) is 13.8 Å². The number of hydrogen-bond acceptors (Lipinski definition) is 2. The third kappa shape index (κ3) is 4.48. The van der Waals surface area contributed by atoms with Crippen molar-refractivity contribution in [3.05, 3.63) is 0 Å². The highest BCUT2D eigenvalue weighted by molar-refractivity contribution is 6.29. The number of carboxylic acid groups (broad SMARTS) is 1. The maximum atomic E-state index is 10.5. The summed E-state index contributed by atoms with van der Waals surface area (Å²) in [7, 11) is 1.89. The van der Waals surface area contributed by atoms with Crippen LogP contribution < -0.4 is 0 Å². The molecule has 0 rings (SSSR count). The molecule has 0 aliphatic rings. The number of halogens is 1. The first-order valence-corrected chi connectivity index (χ1v) is 4.87. The van der Waals surface area contributed by atoms with E-state index in [1.807, 2.05) is 11.9 Å². The van der Waals surface area contributed by atoms with Gasteiger partial charge in [0.15, 0.2) is 0 Å². The molecule has 0 bridgehead atoms. The third-order valence-corrected chi connectivity index (χ3v) is 2.70. The van der Waals surface area contributed by atoms with Crippen molar-refractivity contribution in [3.8, 4) is 0 Å². The lowest BCUT2D eigenvalue weighted by molar-refractivity contribution is -0.137. The van der Waals surface area contributed by atoms with Crippen molar-refractivity contribution in [2.75, 3.05) is 13.6 Å². The number of carbonyl (C=O) groups is 1. The zero-order valence-corrected chi connectivity index (χ0v) is 9.38. The second-order valence-electron chi connectivity index (χ2n) is 3.73. The van der Waals surface area contributed by atoms with Crippen LogP contribution >= 0.6 is 11.6 Å². The molecule has 0 saturated carbocycles. The summed E-state index contributed by atoms with van der Waals surface area (Å²) in [5.41, 5.74) is 0. The molecule has 4 heteroatoms. The van der Waals surface area contributed by atoms with Gasteiger partial charge in [0.1, 0.15) is 5.38 Å². The highest BCUT2D eigenvalue weighted by atomic mass is 35.5. The molecule has 0 aromatic rings. The molecule has 2 unspecified atom stereocenters. The Labute approximate surface area is 84.7 Å².